The van der Waals surface area contributed by atoms with Crippen molar-refractivity contribution in [1.29, 1.82) is 0 Å². The Balaban J connectivity index is 1.65. The van der Waals surface area contributed by atoms with E-state index < -0.39 is 5.41 Å². The molecule has 7 nitrogen and oxygen atoms in total. The van der Waals surface area contributed by atoms with Crippen LogP contribution in [-0.4, -0.2) is 26.6 Å². The highest BCUT2D eigenvalue weighted by Crippen LogP contribution is 2.49. The number of benzene rings is 1. The van der Waals surface area contributed by atoms with E-state index in [-0.39, 0.29) is 18.2 Å². The second-order valence-electron chi connectivity index (χ2n) is 6.83. The van der Waals surface area contributed by atoms with E-state index in [1.54, 1.807) is 29.1 Å². The fourth-order valence-corrected chi connectivity index (χ4v) is 4.15. The zero-order valence-electron chi connectivity index (χ0n) is 14.4. The molecule has 5 rings (SSSR count). The molecule has 2 aliphatic rings. The highest BCUT2D eigenvalue weighted by molar-refractivity contribution is 6.31. The SMILES string of the molecule is O=C1C[C@]2(C(=O)Nc3ncc(Cl)cc32)c2cnn(Cc3ccc(Cl)cc3)c2N1. The average molecular weight is 414 g/mol. The number of pyridine rings is 1. The lowest BCUT2D eigenvalue weighted by Gasteiger charge is -2.31. The minimum Gasteiger partial charge on any atom is -0.311 e. The van der Waals surface area contributed by atoms with Crippen LogP contribution in [0.4, 0.5) is 11.6 Å². The van der Waals surface area contributed by atoms with Gasteiger partial charge in [0, 0.05) is 28.8 Å². The number of carbonyl (C=O) groups excluding carboxylic acids is 2. The standard InChI is InChI=1S/C19H13Cl2N5O2/c20-11-3-1-10(2-4-11)9-26-17-14(8-23-26)19(6-15(27)24-17)13-5-12(21)7-22-16(13)25-18(19)28/h1-5,7-8H,6,9H2,(H,24,27)(H,22,25,28)/t19-/m1/s1. The average Bonchev–Trinajstić information content (AvgIpc) is 3.18. The maximum Gasteiger partial charge on any atom is 0.241 e. The van der Waals surface area contributed by atoms with Crippen LogP contribution in [0, 0.1) is 0 Å². The Morgan fingerprint density at radius 2 is 1.82 bits per heavy atom. The summed E-state index contributed by atoms with van der Waals surface area (Å²) in [4.78, 5) is 29.8. The molecule has 1 atom stereocenters. The molecule has 0 saturated heterocycles. The van der Waals surface area contributed by atoms with Crippen molar-refractivity contribution in [3.8, 4) is 0 Å². The maximum absolute atomic E-state index is 13.0. The summed E-state index contributed by atoms with van der Waals surface area (Å²) in [6.07, 6.45) is 3.06. The zero-order valence-corrected chi connectivity index (χ0v) is 15.9. The lowest BCUT2D eigenvalue weighted by atomic mass is 9.72. The number of anilines is 2. The van der Waals surface area contributed by atoms with Gasteiger partial charge in [-0.15, -0.1) is 0 Å². The largest absolute Gasteiger partial charge is 0.311 e. The fraction of sp³-hybridized carbons (Fsp3) is 0.158. The smallest absolute Gasteiger partial charge is 0.241 e. The molecule has 0 radical (unpaired) electrons. The lowest BCUT2D eigenvalue weighted by Crippen LogP contribution is -2.43. The number of nitrogens with one attached hydrogen (secondary N) is 2. The van der Waals surface area contributed by atoms with Crippen LogP contribution in [0.3, 0.4) is 0 Å². The first kappa shape index (κ1) is 17.2. The van der Waals surface area contributed by atoms with Crippen LogP contribution in [0.1, 0.15) is 23.1 Å². The topological polar surface area (TPSA) is 88.9 Å². The number of hydrogen-bond donors (Lipinski definition) is 2. The number of aromatic nitrogens is 3. The molecule has 0 aliphatic carbocycles. The normalized spacial score (nSPS) is 19.9. The molecule has 1 aromatic carbocycles. The predicted octanol–water partition coefficient (Wildman–Crippen LogP) is 3.21. The molecule has 9 heteroatoms. The first-order chi connectivity index (χ1) is 13.5. The number of nitrogens with zero attached hydrogens (tertiary/aromatic N) is 3. The lowest BCUT2D eigenvalue weighted by molar-refractivity contribution is -0.125. The van der Waals surface area contributed by atoms with Crippen LogP contribution in [0.25, 0.3) is 0 Å². The Kier molecular flexibility index (Phi) is 3.72. The van der Waals surface area contributed by atoms with Gasteiger partial charge in [-0.3, -0.25) is 9.59 Å². The highest BCUT2D eigenvalue weighted by Gasteiger charge is 2.55. The van der Waals surface area contributed by atoms with Gasteiger partial charge in [-0.05, 0) is 23.8 Å². The Hall–Kier alpha value is -2.90. The van der Waals surface area contributed by atoms with Crippen molar-refractivity contribution in [3.05, 3.63) is 69.5 Å². The van der Waals surface area contributed by atoms with Crippen molar-refractivity contribution >= 4 is 46.7 Å². The number of hydrogen-bond acceptors (Lipinski definition) is 4. The van der Waals surface area contributed by atoms with Gasteiger partial charge in [0.15, 0.2) is 0 Å². The third-order valence-corrected chi connectivity index (χ3v) is 5.62. The fourth-order valence-electron chi connectivity index (χ4n) is 3.87. The number of rotatable bonds is 2. The van der Waals surface area contributed by atoms with Crippen molar-refractivity contribution in [2.75, 3.05) is 10.6 Å². The van der Waals surface area contributed by atoms with Gasteiger partial charge in [0.1, 0.15) is 17.1 Å². The van der Waals surface area contributed by atoms with Crippen molar-refractivity contribution in [1.82, 2.24) is 14.8 Å². The molecule has 2 amide bonds. The molecule has 140 valence electrons. The molecule has 1 spiro atoms. The van der Waals surface area contributed by atoms with Crippen LogP contribution in [0.2, 0.25) is 10.0 Å². The summed E-state index contributed by atoms with van der Waals surface area (Å²) in [6.45, 7) is 0.422. The zero-order chi connectivity index (χ0) is 19.5. The van der Waals surface area contributed by atoms with Crippen LogP contribution in [0.5, 0.6) is 0 Å². The summed E-state index contributed by atoms with van der Waals surface area (Å²) in [7, 11) is 0. The summed E-state index contributed by atoms with van der Waals surface area (Å²) < 4.78 is 1.67. The minimum atomic E-state index is -1.19. The number of halogens is 2. The van der Waals surface area contributed by atoms with E-state index in [1.807, 2.05) is 12.1 Å². The second kappa shape index (κ2) is 6.05. The van der Waals surface area contributed by atoms with Gasteiger partial charge in [-0.2, -0.15) is 5.10 Å². The van der Waals surface area contributed by atoms with Crippen molar-refractivity contribution < 1.29 is 9.59 Å². The molecule has 2 N–H and O–H groups in total. The van der Waals surface area contributed by atoms with Crippen LogP contribution < -0.4 is 10.6 Å². The second-order valence-corrected chi connectivity index (χ2v) is 7.70. The summed E-state index contributed by atoms with van der Waals surface area (Å²) in [5.74, 6) is 0.336. The molecular formula is C19H13Cl2N5O2. The Morgan fingerprint density at radius 3 is 2.61 bits per heavy atom. The van der Waals surface area contributed by atoms with Gasteiger partial charge in [0.05, 0.1) is 17.8 Å². The number of carbonyl (C=O) groups is 2. The molecule has 0 fully saturated rings. The quantitative estimate of drug-likeness (QED) is 0.674. The van der Waals surface area contributed by atoms with Gasteiger partial charge in [0.2, 0.25) is 11.8 Å². The Bertz CT molecular complexity index is 1140. The van der Waals surface area contributed by atoms with Crippen LogP contribution in [0.15, 0.2) is 42.7 Å². The van der Waals surface area contributed by atoms with E-state index in [9.17, 15) is 9.59 Å². The number of amides is 2. The molecular weight excluding hydrogens is 401 g/mol. The summed E-state index contributed by atoms with van der Waals surface area (Å²) in [5, 5.41) is 11.1. The Labute approximate surface area is 169 Å². The van der Waals surface area contributed by atoms with Crippen molar-refractivity contribution in [3.63, 3.8) is 0 Å². The van der Waals surface area contributed by atoms with Gasteiger partial charge < -0.3 is 10.6 Å². The van der Waals surface area contributed by atoms with E-state index in [0.717, 1.165) is 5.56 Å². The third kappa shape index (κ3) is 2.43. The summed E-state index contributed by atoms with van der Waals surface area (Å²) >= 11 is 12.1. The maximum atomic E-state index is 13.0. The molecule has 0 bridgehead atoms. The van der Waals surface area contributed by atoms with Gasteiger partial charge in [-0.25, -0.2) is 9.67 Å². The summed E-state index contributed by atoms with van der Waals surface area (Å²) in [5.41, 5.74) is 0.988. The van der Waals surface area contributed by atoms with Crippen molar-refractivity contribution in [2.24, 2.45) is 0 Å². The van der Waals surface area contributed by atoms with Gasteiger partial charge in [0.25, 0.3) is 0 Å². The first-order valence-electron chi connectivity index (χ1n) is 8.55. The van der Waals surface area contributed by atoms with Gasteiger partial charge >= 0.3 is 0 Å². The first-order valence-corrected chi connectivity index (χ1v) is 9.31. The van der Waals surface area contributed by atoms with Gasteiger partial charge in [-0.1, -0.05) is 35.3 Å². The van der Waals surface area contributed by atoms with E-state index in [1.165, 1.54) is 6.20 Å². The predicted molar refractivity (Wildman–Crippen MR) is 105 cm³/mol. The molecule has 0 saturated carbocycles. The highest BCUT2D eigenvalue weighted by atomic mass is 35.5. The van der Waals surface area contributed by atoms with Crippen LogP contribution >= 0.6 is 23.2 Å². The molecule has 3 aromatic rings. The van der Waals surface area contributed by atoms with E-state index in [4.69, 9.17) is 23.2 Å². The third-order valence-electron chi connectivity index (χ3n) is 5.16. The summed E-state index contributed by atoms with van der Waals surface area (Å²) in [6, 6.07) is 9.04. The monoisotopic (exact) mass is 413 g/mol. The molecule has 4 heterocycles. The molecule has 28 heavy (non-hydrogen) atoms. The van der Waals surface area contributed by atoms with E-state index >= 15 is 0 Å². The number of fused-ring (bicyclic) bond motifs is 4. The molecule has 0 unspecified atom stereocenters. The Morgan fingerprint density at radius 1 is 1.04 bits per heavy atom. The van der Waals surface area contributed by atoms with E-state index in [2.05, 4.69) is 20.7 Å². The molecule has 2 aromatic heterocycles. The van der Waals surface area contributed by atoms with Crippen molar-refractivity contribution in [2.45, 2.75) is 18.4 Å². The van der Waals surface area contributed by atoms with Crippen LogP contribution in [-0.2, 0) is 21.5 Å². The molecule has 2 aliphatic heterocycles. The van der Waals surface area contributed by atoms with E-state index in [0.29, 0.717) is 39.4 Å². The minimum absolute atomic E-state index is 0.0342.